The van der Waals surface area contributed by atoms with Gasteiger partial charge in [-0.25, -0.2) is 0 Å². The van der Waals surface area contributed by atoms with Crippen LogP contribution in [-0.4, -0.2) is 63.1 Å². The Kier molecular flexibility index (Phi) is 6.40. The van der Waals surface area contributed by atoms with Gasteiger partial charge in [0, 0.05) is 30.8 Å². The molecule has 0 amide bonds. The van der Waals surface area contributed by atoms with E-state index in [4.69, 9.17) is 0 Å². The second kappa shape index (κ2) is 9.23. The number of aryl methyl sites for hydroxylation is 1. The van der Waals surface area contributed by atoms with Gasteiger partial charge in [-0.05, 0) is 62.3 Å². The number of nitrogens with one attached hydrogen (secondary N) is 1. The van der Waals surface area contributed by atoms with Crippen LogP contribution in [0, 0.1) is 12.8 Å². The van der Waals surface area contributed by atoms with Gasteiger partial charge in [0.1, 0.15) is 23.4 Å². The SMILES string of the molecule is Cc1cc(NC2CCC(C(=O)O)N(CC3CC3)C2)nnc1-c1ccc(OC(F)F)cc1O. The van der Waals surface area contributed by atoms with Crippen LogP contribution in [0.3, 0.4) is 0 Å². The highest BCUT2D eigenvalue weighted by Gasteiger charge is 2.36. The summed E-state index contributed by atoms with van der Waals surface area (Å²) < 4.78 is 29.0. The molecule has 8 nitrogen and oxygen atoms in total. The van der Waals surface area contributed by atoms with E-state index in [1.165, 1.54) is 12.1 Å². The van der Waals surface area contributed by atoms with Crippen molar-refractivity contribution in [3.63, 3.8) is 0 Å². The van der Waals surface area contributed by atoms with Gasteiger partial charge < -0.3 is 20.3 Å². The molecule has 1 saturated carbocycles. The highest BCUT2D eigenvalue weighted by atomic mass is 19.3. The Labute approximate surface area is 184 Å². The number of ether oxygens (including phenoxy) is 1. The number of aromatic nitrogens is 2. The summed E-state index contributed by atoms with van der Waals surface area (Å²) in [6.07, 6.45) is 3.61. The maximum absolute atomic E-state index is 12.4. The number of piperidine rings is 1. The summed E-state index contributed by atoms with van der Waals surface area (Å²) in [7, 11) is 0. The maximum atomic E-state index is 12.4. The zero-order valence-electron chi connectivity index (χ0n) is 17.7. The largest absolute Gasteiger partial charge is 0.507 e. The molecule has 0 bridgehead atoms. The Hall–Kier alpha value is -3.01. The lowest BCUT2D eigenvalue weighted by Crippen LogP contribution is -2.52. The zero-order chi connectivity index (χ0) is 22.8. The number of hydrogen-bond acceptors (Lipinski definition) is 7. The fraction of sp³-hybridized carbons (Fsp3) is 0.500. The van der Waals surface area contributed by atoms with Crippen LogP contribution in [0.2, 0.25) is 0 Å². The minimum Gasteiger partial charge on any atom is -0.507 e. The van der Waals surface area contributed by atoms with Crippen LogP contribution in [0.4, 0.5) is 14.6 Å². The third-order valence-electron chi connectivity index (χ3n) is 5.94. The molecular formula is C22H26F2N4O4. The number of likely N-dealkylation sites (tertiary alicyclic amines) is 1. The molecule has 172 valence electrons. The minimum absolute atomic E-state index is 0.0584. The van der Waals surface area contributed by atoms with Gasteiger partial charge in [-0.3, -0.25) is 9.69 Å². The average molecular weight is 448 g/mol. The van der Waals surface area contributed by atoms with Gasteiger partial charge in [-0.2, -0.15) is 8.78 Å². The van der Waals surface area contributed by atoms with Gasteiger partial charge in [0.25, 0.3) is 0 Å². The van der Waals surface area contributed by atoms with E-state index in [1.54, 1.807) is 6.07 Å². The number of phenolic OH excluding ortho intramolecular Hbond substituents is 1. The van der Waals surface area contributed by atoms with E-state index in [9.17, 15) is 23.8 Å². The minimum atomic E-state index is -2.97. The first kappa shape index (κ1) is 22.2. The normalized spacial score (nSPS) is 21.5. The highest BCUT2D eigenvalue weighted by Crippen LogP contribution is 2.34. The van der Waals surface area contributed by atoms with E-state index in [0.29, 0.717) is 42.4 Å². The Bertz CT molecular complexity index is 986. The van der Waals surface area contributed by atoms with Crippen molar-refractivity contribution < 1.29 is 28.5 Å². The van der Waals surface area contributed by atoms with E-state index < -0.39 is 18.6 Å². The van der Waals surface area contributed by atoms with Gasteiger partial charge in [-0.15, -0.1) is 10.2 Å². The molecule has 2 atom stereocenters. The van der Waals surface area contributed by atoms with Crippen molar-refractivity contribution in [2.24, 2.45) is 5.92 Å². The third-order valence-corrected chi connectivity index (χ3v) is 5.94. The Balaban J connectivity index is 1.45. The predicted molar refractivity (Wildman–Crippen MR) is 113 cm³/mol. The number of nitrogens with zero attached hydrogens (tertiary/aromatic N) is 3. The van der Waals surface area contributed by atoms with Crippen LogP contribution in [0.15, 0.2) is 24.3 Å². The van der Waals surface area contributed by atoms with Crippen LogP contribution in [0.1, 0.15) is 31.2 Å². The number of carboxylic acids is 1. The first-order valence-electron chi connectivity index (χ1n) is 10.7. The van der Waals surface area contributed by atoms with E-state index in [0.717, 1.165) is 31.0 Å². The number of carboxylic acid groups (broad SMARTS) is 1. The van der Waals surface area contributed by atoms with E-state index in [2.05, 4.69) is 25.2 Å². The molecular weight excluding hydrogens is 422 g/mol. The second-order valence-electron chi connectivity index (χ2n) is 8.49. The fourth-order valence-corrected chi connectivity index (χ4v) is 4.19. The summed E-state index contributed by atoms with van der Waals surface area (Å²) >= 11 is 0. The number of halogens is 2. The van der Waals surface area contributed by atoms with Crippen LogP contribution in [-0.2, 0) is 4.79 Å². The summed E-state index contributed by atoms with van der Waals surface area (Å²) in [6, 6.07) is 5.33. The number of rotatable bonds is 8. The maximum Gasteiger partial charge on any atom is 0.387 e. The topological polar surface area (TPSA) is 108 Å². The molecule has 32 heavy (non-hydrogen) atoms. The molecule has 10 heteroatoms. The number of aliphatic carboxylic acids is 1. The lowest BCUT2D eigenvalue weighted by Gasteiger charge is -2.38. The number of anilines is 1. The molecule has 4 rings (SSSR count). The molecule has 1 saturated heterocycles. The first-order valence-corrected chi connectivity index (χ1v) is 10.7. The van der Waals surface area contributed by atoms with Gasteiger partial charge in [-0.1, -0.05) is 0 Å². The predicted octanol–water partition coefficient (Wildman–Crippen LogP) is 3.50. The molecule has 2 aromatic rings. The second-order valence-corrected chi connectivity index (χ2v) is 8.49. The molecule has 2 aliphatic rings. The smallest absolute Gasteiger partial charge is 0.387 e. The number of hydrogen-bond donors (Lipinski definition) is 3. The van der Waals surface area contributed by atoms with Crippen molar-refractivity contribution in [3.8, 4) is 22.8 Å². The molecule has 1 aromatic carbocycles. The molecule has 2 heterocycles. The Morgan fingerprint density at radius 1 is 1.25 bits per heavy atom. The molecule has 1 aliphatic heterocycles. The van der Waals surface area contributed by atoms with Gasteiger partial charge in [0.15, 0.2) is 0 Å². The van der Waals surface area contributed by atoms with Gasteiger partial charge in [0.2, 0.25) is 0 Å². The summed E-state index contributed by atoms with van der Waals surface area (Å²) in [5.41, 5.74) is 1.54. The number of aromatic hydroxyl groups is 1. The molecule has 2 unspecified atom stereocenters. The lowest BCUT2D eigenvalue weighted by atomic mass is 9.97. The Morgan fingerprint density at radius 3 is 2.66 bits per heavy atom. The van der Waals surface area contributed by atoms with Crippen molar-refractivity contribution in [2.75, 3.05) is 18.4 Å². The zero-order valence-corrected chi connectivity index (χ0v) is 17.7. The Morgan fingerprint density at radius 2 is 2.03 bits per heavy atom. The van der Waals surface area contributed by atoms with E-state index in [-0.39, 0.29) is 17.5 Å². The van der Waals surface area contributed by atoms with Crippen LogP contribution in [0.25, 0.3) is 11.3 Å². The number of benzene rings is 1. The van der Waals surface area contributed by atoms with Crippen LogP contribution >= 0.6 is 0 Å². The summed E-state index contributed by atoms with van der Waals surface area (Å²) in [5.74, 6) is 0.0197. The summed E-state index contributed by atoms with van der Waals surface area (Å²) in [5, 5.41) is 31.5. The third kappa shape index (κ3) is 5.24. The van der Waals surface area contributed by atoms with Crippen molar-refractivity contribution >= 4 is 11.8 Å². The fourth-order valence-electron chi connectivity index (χ4n) is 4.19. The van der Waals surface area contributed by atoms with Gasteiger partial charge in [0.05, 0.1) is 5.69 Å². The van der Waals surface area contributed by atoms with E-state index in [1.807, 2.05) is 6.92 Å². The number of carbonyl (C=O) groups is 1. The summed E-state index contributed by atoms with van der Waals surface area (Å²) in [4.78, 5) is 13.7. The summed E-state index contributed by atoms with van der Waals surface area (Å²) in [6.45, 7) is 0.280. The monoisotopic (exact) mass is 448 g/mol. The molecule has 0 radical (unpaired) electrons. The average Bonchev–Trinajstić information content (AvgIpc) is 3.52. The van der Waals surface area contributed by atoms with Crippen molar-refractivity contribution in [3.05, 3.63) is 29.8 Å². The molecule has 1 aromatic heterocycles. The van der Waals surface area contributed by atoms with Crippen molar-refractivity contribution in [2.45, 2.75) is 51.3 Å². The van der Waals surface area contributed by atoms with Crippen molar-refractivity contribution in [1.29, 1.82) is 0 Å². The lowest BCUT2D eigenvalue weighted by molar-refractivity contribution is -0.144. The first-order chi connectivity index (χ1) is 15.3. The van der Waals surface area contributed by atoms with Gasteiger partial charge >= 0.3 is 12.6 Å². The number of alkyl halides is 2. The molecule has 0 spiro atoms. The quantitative estimate of drug-likeness (QED) is 0.563. The standard InChI is InChI=1S/C22H26F2N4O4/c1-12-8-19(25-14-4-7-17(21(30)31)28(11-14)10-13-2-3-13)26-27-20(12)16-6-5-15(9-18(16)29)32-22(23)24/h5-6,8-9,13-14,17,22,29H,2-4,7,10-11H2,1H3,(H,25,26)(H,30,31). The molecule has 3 N–H and O–H groups in total. The number of phenols is 1. The van der Waals surface area contributed by atoms with E-state index >= 15 is 0 Å². The molecule has 2 fully saturated rings. The highest BCUT2D eigenvalue weighted by molar-refractivity contribution is 5.74. The molecule has 1 aliphatic carbocycles. The van der Waals surface area contributed by atoms with Crippen molar-refractivity contribution in [1.82, 2.24) is 15.1 Å². The van der Waals surface area contributed by atoms with Crippen LogP contribution < -0.4 is 10.1 Å². The van der Waals surface area contributed by atoms with Crippen LogP contribution in [0.5, 0.6) is 11.5 Å².